The van der Waals surface area contributed by atoms with Crippen LogP contribution in [0.4, 0.5) is 0 Å². The highest BCUT2D eigenvalue weighted by atomic mass is 28.3. The highest BCUT2D eigenvalue weighted by molar-refractivity contribution is 6.54. The van der Waals surface area contributed by atoms with Crippen molar-refractivity contribution in [2.45, 2.75) is 26.2 Å². The molecule has 4 heteroatoms. The summed E-state index contributed by atoms with van der Waals surface area (Å²) in [7, 11) is -1.32. The minimum Gasteiger partial charge on any atom is -0.382 e. The van der Waals surface area contributed by atoms with Crippen molar-refractivity contribution >= 4 is 17.9 Å². The van der Waals surface area contributed by atoms with E-state index in [0.717, 1.165) is 0 Å². The lowest BCUT2D eigenvalue weighted by molar-refractivity contribution is 0.663. The highest BCUT2D eigenvalue weighted by Gasteiger charge is 2.09. The van der Waals surface area contributed by atoms with Crippen molar-refractivity contribution in [3.8, 4) is 0 Å². The quantitative estimate of drug-likeness (QED) is 0.621. The van der Waals surface area contributed by atoms with Crippen LogP contribution in [0.15, 0.2) is 24.8 Å². The average molecular weight is 198 g/mol. The third kappa shape index (κ3) is 2.25. The Labute approximate surface area is 78.5 Å². The molecule has 0 saturated carbocycles. The molecule has 0 saturated heterocycles. The molecule has 0 amide bonds. The molecule has 0 N–H and O–H groups in total. The summed E-state index contributed by atoms with van der Waals surface area (Å²) in [6.07, 6.45) is 8.85. The molecule has 1 heterocycles. The molecule has 1 rings (SSSR count). The molecular formula is C8H18N2Si2. The second-order valence-corrected chi connectivity index (χ2v) is 9.25. The molecule has 1 aliphatic rings. The second kappa shape index (κ2) is 3.95. The first kappa shape index (κ1) is 9.60. The molecule has 1 aliphatic heterocycles. The first-order chi connectivity index (χ1) is 5.61. The Morgan fingerprint density at radius 3 is 1.08 bits per heavy atom. The molecule has 0 fully saturated rings. The Balaban J connectivity index is 2.54. The summed E-state index contributed by atoms with van der Waals surface area (Å²) in [5, 5.41) is 0. The summed E-state index contributed by atoms with van der Waals surface area (Å²) in [5.74, 6) is 0. The summed E-state index contributed by atoms with van der Waals surface area (Å²) < 4.78 is 4.71. The van der Waals surface area contributed by atoms with Gasteiger partial charge in [0.05, 0.1) is 0 Å². The number of hydrogen-bond acceptors (Lipinski definition) is 2. The smallest absolute Gasteiger partial charge is 0.139 e. The van der Waals surface area contributed by atoms with Gasteiger partial charge >= 0.3 is 0 Å². The lowest BCUT2D eigenvalue weighted by Gasteiger charge is -2.29. The van der Waals surface area contributed by atoms with Crippen LogP contribution in [0.2, 0.25) is 26.2 Å². The van der Waals surface area contributed by atoms with Crippen LogP contribution in [0.3, 0.4) is 0 Å². The van der Waals surface area contributed by atoms with Crippen LogP contribution in [0.25, 0.3) is 0 Å². The van der Waals surface area contributed by atoms with E-state index in [4.69, 9.17) is 0 Å². The summed E-state index contributed by atoms with van der Waals surface area (Å²) in [6.45, 7) is 9.32. The van der Waals surface area contributed by atoms with Gasteiger partial charge in [0.15, 0.2) is 0 Å². The molecule has 0 unspecified atom stereocenters. The molecule has 0 radical (unpaired) electrons. The zero-order valence-electron chi connectivity index (χ0n) is 8.36. The van der Waals surface area contributed by atoms with Crippen molar-refractivity contribution in [2.75, 3.05) is 0 Å². The fourth-order valence-electron chi connectivity index (χ4n) is 1.10. The van der Waals surface area contributed by atoms with Crippen molar-refractivity contribution in [3.63, 3.8) is 0 Å². The SMILES string of the molecule is C[SiH](C)N1C=CN([SiH](C)C)C=C1. The van der Waals surface area contributed by atoms with E-state index < -0.39 is 17.9 Å². The predicted octanol–water partition coefficient (Wildman–Crippen LogP) is 1.51. The molecule has 2 nitrogen and oxygen atoms in total. The monoisotopic (exact) mass is 198 g/mol. The maximum atomic E-state index is 2.35. The lowest BCUT2D eigenvalue weighted by Crippen LogP contribution is -2.32. The molecule has 12 heavy (non-hydrogen) atoms. The van der Waals surface area contributed by atoms with Crippen LogP contribution < -0.4 is 0 Å². The first-order valence-electron chi connectivity index (χ1n) is 4.53. The van der Waals surface area contributed by atoms with Crippen LogP contribution in [-0.4, -0.2) is 27.0 Å². The standard InChI is InChI=1S/C8H18N2Si2/c1-11(2)9-5-7-10(8-6-9)12(3)4/h5-8,11-12H,1-4H3. The number of hydrogen-bond donors (Lipinski definition) is 0. The third-order valence-corrected chi connectivity index (χ3v) is 5.09. The van der Waals surface area contributed by atoms with E-state index in [1.165, 1.54) is 0 Å². The van der Waals surface area contributed by atoms with E-state index in [1.54, 1.807) is 0 Å². The Kier molecular flexibility index (Phi) is 3.16. The van der Waals surface area contributed by atoms with E-state index in [2.05, 4.69) is 60.1 Å². The van der Waals surface area contributed by atoms with Crippen molar-refractivity contribution in [2.24, 2.45) is 0 Å². The average Bonchev–Trinajstić information content (AvgIpc) is 2.04. The minimum atomic E-state index is -0.662. The maximum absolute atomic E-state index is 2.35. The van der Waals surface area contributed by atoms with Gasteiger partial charge in [-0.05, 0) is 0 Å². The second-order valence-electron chi connectivity index (χ2n) is 3.68. The molecular weight excluding hydrogens is 180 g/mol. The van der Waals surface area contributed by atoms with Gasteiger partial charge in [0.25, 0.3) is 0 Å². The number of nitrogens with zero attached hydrogens (tertiary/aromatic N) is 2. The Morgan fingerprint density at radius 2 is 0.917 bits per heavy atom. The van der Waals surface area contributed by atoms with Crippen molar-refractivity contribution in [1.29, 1.82) is 0 Å². The van der Waals surface area contributed by atoms with E-state index in [-0.39, 0.29) is 0 Å². The van der Waals surface area contributed by atoms with Crippen LogP contribution >= 0.6 is 0 Å². The van der Waals surface area contributed by atoms with Crippen LogP contribution in [0.1, 0.15) is 0 Å². The Bertz CT molecular complexity index is 165. The van der Waals surface area contributed by atoms with E-state index >= 15 is 0 Å². The molecule has 0 atom stereocenters. The Hall–Kier alpha value is -0.486. The summed E-state index contributed by atoms with van der Waals surface area (Å²) in [6, 6.07) is 0. The minimum absolute atomic E-state index is 0.662. The zero-order chi connectivity index (χ0) is 9.14. The van der Waals surface area contributed by atoms with Gasteiger partial charge in [-0.1, -0.05) is 26.2 Å². The predicted molar refractivity (Wildman–Crippen MR) is 59.7 cm³/mol. The fraction of sp³-hybridized carbons (Fsp3) is 0.500. The van der Waals surface area contributed by atoms with Gasteiger partial charge in [-0.15, -0.1) is 0 Å². The lowest BCUT2D eigenvalue weighted by atomic mass is 10.7. The van der Waals surface area contributed by atoms with Gasteiger partial charge in [-0.25, -0.2) is 0 Å². The molecule has 68 valence electrons. The highest BCUT2D eigenvalue weighted by Crippen LogP contribution is 2.08. The molecule has 0 aromatic carbocycles. The van der Waals surface area contributed by atoms with Gasteiger partial charge in [0.1, 0.15) is 17.9 Å². The van der Waals surface area contributed by atoms with Crippen molar-refractivity contribution < 1.29 is 0 Å². The molecule has 0 aliphatic carbocycles. The largest absolute Gasteiger partial charge is 0.382 e. The third-order valence-electron chi connectivity index (χ3n) is 2.01. The van der Waals surface area contributed by atoms with Gasteiger partial charge in [0, 0.05) is 24.8 Å². The van der Waals surface area contributed by atoms with Crippen LogP contribution in [-0.2, 0) is 0 Å². The van der Waals surface area contributed by atoms with Crippen molar-refractivity contribution in [1.82, 2.24) is 9.13 Å². The normalized spacial score (nSPS) is 16.8. The van der Waals surface area contributed by atoms with Gasteiger partial charge in [0.2, 0.25) is 0 Å². The Morgan fingerprint density at radius 1 is 0.667 bits per heavy atom. The molecule has 0 spiro atoms. The van der Waals surface area contributed by atoms with Gasteiger partial charge in [-0.2, -0.15) is 0 Å². The summed E-state index contributed by atoms with van der Waals surface area (Å²) in [4.78, 5) is 0. The topological polar surface area (TPSA) is 6.48 Å². The van der Waals surface area contributed by atoms with E-state index in [0.29, 0.717) is 0 Å². The van der Waals surface area contributed by atoms with E-state index in [9.17, 15) is 0 Å². The molecule has 0 bridgehead atoms. The molecule has 0 aromatic heterocycles. The summed E-state index contributed by atoms with van der Waals surface area (Å²) in [5.41, 5.74) is 0. The van der Waals surface area contributed by atoms with E-state index in [1.807, 2.05) is 0 Å². The van der Waals surface area contributed by atoms with Crippen LogP contribution in [0, 0.1) is 0 Å². The zero-order valence-corrected chi connectivity index (χ0v) is 10.7. The van der Waals surface area contributed by atoms with Crippen molar-refractivity contribution in [3.05, 3.63) is 24.8 Å². The maximum Gasteiger partial charge on any atom is 0.139 e. The van der Waals surface area contributed by atoms with Crippen LogP contribution in [0.5, 0.6) is 0 Å². The first-order valence-corrected chi connectivity index (χ1v) is 10.2. The fourth-order valence-corrected chi connectivity index (χ4v) is 2.78. The molecule has 0 aromatic rings. The number of rotatable bonds is 2. The summed E-state index contributed by atoms with van der Waals surface area (Å²) >= 11 is 0. The van der Waals surface area contributed by atoms with Gasteiger partial charge < -0.3 is 9.13 Å². The van der Waals surface area contributed by atoms with Gasteiger partial charge in [-0.3, -0.25) is 0 Å².